The first-order valence-corrected chi connectivity index (χ1v) is 12.8. The number of esters is 1. The highest BCUT2D eigenvalue weighted by Gasteiger charge is 2.33. The second-order valence-corrected chi connectivity index (χ2v) is 9.86. The number of carbonyl (C=O) groups is 2. The Kier molecular flexibility index (Phi) is 6.94. The van der Waals surface area contributed by atoms with Crippen LogP contribution in [0.25, 0.3) is 0 Å². The van der Waals surface area contributed by atoms with E-state index in [0.717, 1.165) is 47.7 Å². The van der Waals surface area contributed by atoms with Crippen LogP contribution in [0.1, 0.15) is 49.8 Å². The molecule has 2 N–H and O–H groups in total. The molecular formula is C27H29N3O6S. The highest BCUT2D eigenvalue weighted by Crippen LogP contribution is 2.41. The molecule has 0 bridgehead atoms. The van der Waals surface area contributed by atoms with Crippen molar-refractivity contribution in [2.75, 3.05) is 39.7 Å². The van der Waals surface area contributed by atoms with Crippen molar-refractivity contribution in [1.82, 2.24) is 10.2 Å². The molecule has 0 aliphatic carbocycles. The molecule has 2 aliphatic rings. The van der Waals surface area contributed by atoms with Crippen LogP contribution in [0.2, 0.25) is 0 Å². The number of benzene rings is 2. The van der Waals surface area contributed by atoms with Crippen LogP contribution in [0.15, 0.2) is 36.4 Å². The van der Waals surface area contributed by atoms with Gasteiger partial charge in [0.05, 0.1) is 32.5 Å². The lowest BCUT2D eigenvalue weighted by Gasteiger charge is -2.28. The van der Waals surface area contributed by atoms with E-state index in [1.165, 1.54) is 38.3 Å². The molecule has 194 valence electrons. The Morgan fingerprint density at radius 3 is 2.51 bits per heavy atom. The van der Waals surface area contributed by atoms with E-state index in [9.17, 15) is 9.59 Å². The van der Waals surface area contributed by atoms with Gasteiger partial charge in [0.15, 0.2) is 11.5 Å². The van der Waals surface area contributed by atoms with Gasteiger partial charge in [-0.3, -0.25) is 9.69 Å². The fraction of sp³-hybridized carbons (Fsp3) is 0.333. The summed E-state index contributed by atoms with van der Waals surface area (Å²) in [6.07, 6.45) is 0.434. The molecule has 9 nitrogen and oxygen atoms in total. The van der Waals surface area contributed by atoms with E-state index in [-0.39, 0.29) is 11.5 Å². The van der Waals surface area contributed by atoms with E-state index in [0.29, 0.717) is 23.0 Å². The average molecular weight is 524 g/mol. The molecule has 2 aromatic carbocycles. The number of carbonyl (C=O) groups excluding carboxylic acids is 2. The Labute approximate surface area is 219 Å². The van der Waals surface area contributed by atoms with Gasteiger partial charge in [0, 0.05) is 18.0 Å². The standard InChI is InChI=1S/C27H29N3O6S/c1-5-30-10-9-18-21(14-30)37-26-22(18)25(31)28-24(29-26)15-7-6-8-17(11-15)36-27(32)16-12-19(33-2)23(35-4)20(13-16)34-3/h6-8,11-13,24,29H,5,9-10,14H2,1-4H3,(H,28,31)/t24-/m1/s1. The number of likely N-dealkylation sites (N-methyl/N-ethyl adjacent to an activating group) is 1. The topological polar surface area (TPSA) is 98.4 Å². The summed E-state index contributed by atoms with van der Waals surface area (Å²) < 4.78 is 21.7. The maximum atomic E-state index is 13.1. The van der Waals surface area contributed by atoms with E-state index in [1.807, 2.05) is 6.07 Å². The van der Waals surface area contributed by atoms with Crippen molar-refractivity contribution in [3.8, 4) is 23.0 Å². The third-order valence-corrected chi connectivity index (χ3v) is 7.81. The van der Waals surface area contributed by atoms with Crippen LogP contribution in [0, 0.1) is 0 Å². The first-order valence-electron chi connectivity index (χ1n) is 12.0. The normalized spacial score (nSPS) is 16.6. The lowest BCUT2D eigenvalue weighted by molar-refractivity contribution is 0.0733. The monoisotopic (exact) mass is 523 g/mol. The smallest absolute Gasteiger partial charge is 0.343 e. The van der Waals surface area contributed by atoms with Gasteiger partial charge in [-0.05, 0) is 48.4 Å². The Balaban J connectivity index is 1.36. The van der Waals surface area contributed by atoms with E-state index < -0.39 is 12.1 Å². The minimum Gasteiger partial charge on any atom is -0.493 e. The SMILES string of the molecule is CCN1CCc2c(sc3c2C(=O)N[C@@H](c2cccc(OC(=O)c4cc(OC)c(OC)c(OC)c4)c2)N3)C1. The molecule has 0 saturated carbocycles. The van der Waals surface area contributed by atoms with Crippen molar-refractivity contribution in [1.29, 1.82) is 0 Å². The van der Waals surface area contributed by atoms with E-state index in [2.05, 4.69) is 22.5 Å². The van der Waals surface area contributed by atoms with E-state index >= 15 is 0 Å². The number of anilines is 1. The first-order chi connectivity index (χ1) is 17.9. The summed E-state index contributed by atoms with van der Waals surface area (Å²) in [5, 5.41) is 7.42. The molecule has 3 heterocycles. The minimum absolute atomic E-state index is 0.0824. The molecule has 0 radical (unpaired) electrons. The summed E-state index contributed by atoms with van der Waals surface area (Å²) in [6, 6.07) is 10.2. The summed E-state index contributed by atoms with van der Waals surface area (Å²) in [4.78, 5) is 29.7. The predicted octanol–water partition coefficient (Wildman–Crippen LogP) is 4.23. The molecule has 2 aliphatic heterocycles. The zero-order valence-corrected chi connectivity index (χ0v) is 22.0. The predicted molar refractivity (Wildman–Crippen MR) is 140 cm³/mol. The van der Waals surface area contributed by atoms with Crippen molar-refractivity contribution < 1.29 is 28.5 Å². The van der Waals surface area contributed by atoms with Crippen LogP contribution in [0.3, 0.4) is 0 Å². The second-order valence-electron chi connectivity index (χ2n) is 8.75. The number of rotatable bonds is 7. The Morgan fingerprint density at radius 1 is 1.08 bits per heavy atom. The van der Waals surface area contributed by atoms with Gasteiger partial charge in [-0.15, -0.1) is 11.3 Å². The van der Waals surface area contributed by atoms with Gasteiger partial charge in [0.25, 0.3) is 5.91 Å². The third kappa shape index (κ3) is 4.70. The molecule has 10 heteroatoms. The molecule has 0 fully saturated rings. The molecule has 1 amide bonds. The summed E-state index contributed by atoms with van der Waals surface area (Å²) in [5.41, 5.74) is 2.94. The zero-order chi connectivity index (χ0) is 26.1. The maximum Gasteiger partial charge on any atom is 0.343 e. The van der Waals surface area contributed by atoms with Gasteiger partial charge < -0.3 is 29.6 Å². The van der Waals surface area contributed by atoms with Crippen molar-refractivity contribution in [3.63, 3.8) is 0 Å². The lowest BCUT2D eigenvalue weighted by Crippen LogP contribution is -2.38. The number of nitrogens with one attached hydrogen (secondary N) is 2. The van der Waals surface area contributed by atoms with Gasteiger partial charge in [-0.2, -0.15) is 0 Å². The third-order valence-electron chi connectivity index (χ3n) is 6.66. The number of fused-ring (bicyclic) bond motifs is 3. The van der Waals surface area contributed by atoms with Gasteiger partial charge in [0.1, 0.15) is 16.9 Å². The summed E-state index contributed by atoms with van der Waals surface area (Å²) in [7, 11) is 4.46. The maximum absolute atomic E-state index is 13.1. The summed E-state index contributed by atoms with van der Waals surface area (Å²) in [5.74, 6) is 0.787. The molecule has 1 aromatic heterocycles. The van der Waals surface area contributed by atoms with Crippen LogP contribution in [0.4, 0.5) is 5.00 Å². The Morgan fingerprint density at radius 2 is 1.84 bits per heavy atom. The fourth-order valence-corrected chi connectivity index (χ4v) is 6.04. The van der Waals surface area contributed by atoms with Crippen molar-refractivity contribution in [2.24, 2.45) is 0 Å². The van der Waals surface area contributed by atoms with Gasteiger partial charge >= 0.3 is 5.97 Å². The number of hydrogen-bond acceptors (Lipinski definition) is 9. The van der Waals surface area contributed by atoms with E-state index in [1.54, 1.807) is 29.5 Å². The minimum atomic E-state index is -0.578. The number of hydrogen-bond donors (Lipinski definition) is 2. The molecule has 0 unspecified atom stereocenters. The molecule has 5 rings (SSSR count). The summed E-state index contributed by atoms with van der Waals surface area (Å²) >= 11 is 1.65. The van der Waals surface area contributed by atoms with Crippen molar-refractivity contribution in [3.05, 3.63) is 63.5 Å². The molecule has 0 spiro atoms. The average Bonchev–Trinajstić information content (AvgIpc) is 3.30. The highest BCUT2D eigenvalue weighted by molar-refractivity contribution is 7.16. The van der Waals surface area contributed by atoms with Crippen molar-refractivity contribution in [2.45, 2.75) is 26.1 Å². The zero-order valence-electron chi connectivity index (χ0n) is 21.2. The lowest BCUT2D eigenvalue weighted by atomic mass is 10.0. The quantitative estimate of drug-likeness (QED) is 0.351. The van der Waals surface area contributed by atoms with Crippen LogP contribution >= 0.6 is 11.3 Å². The molecular weight excluding hydrogens is 494 g/mol. The Hall–Kier alpha value is -3.76. The second kappa shape index (κ2) is 10.3. The number of methoxy groups -OCH3 is 3. The van der Waals surface area contributed by atoms with Crippen LogP contribution in [-0.4, -0.2) is 51.2 Å². The number of thiophene rings is 1. The fourth-order valence-electron chi connectivity index (χ4n) is 4.73. The van der Waals surface area contributed by atoms with E-state index in [4.69, 9.17) is 18.9 Å². The molecule has 1 atom stereocenters. The Bertz CT molecular complexity index is 1330. The van der Waals surface area contributed by atoms with Gasteiger partial charge in [-0.1, -0.05) is 19.1 Å². The van der Waals surface area contributed by atoms with Crippen LogP contribution in [-0.2, 0) is 13.0 Å². The highest BCUT2D eigenvalue weighted by atomic mass is 32.1. The number of amides is 1. The molecule has 37 heavy (non-hydrogen) atoms. The molecule has 3 aromatic rings. The van der Waals surface area contributed by atoms with Crippen LogP contribution in [0.5, 0.6) is 23.0 Å². The number of ether oxygens (including phenoxy) is 4. The molecule has 0 saturated heterocycles. The summed E-state index contributed by atoms with van der Waals surface area (Å²) in [6.45, 7) is 4.98. The van der Waals surface area contributed by atoms with Crippen LogP contribution < -0.4 is 29.6 Å². The first kappa shape index (κ1) is 24.9. The number of nitrogens with zero attached hydrogens (tertiary/aromatic N) is 1. The largest absolute Gasteiger partial charge is 0.493 e. The van der Waals surface area contributed by atoms with Gasteiger partial charge in [0.2, 0.25) is 5.75 Å². The van der Waals surface area contributed by atoms with Crippen molar-refractivity contribution >= 4 is 28.2 Å². The van der Waals surface area contributed by atoms with Gasteiger partial charge in [-0.25, -0.2) is 4.79 Å².